The van der Waals surface area contributed by atoms with Crippen molar-refractivity contribution in [1.29, 1.82) is 0 Å². The molecule has 5 rings (SSSR count). The fourth-order valence-corrected chi connectivity index (χ4v) is 4.87. The van der Waals surface area contributed by atoms with Gasteiger partial charge in [-0.15, -0.1) is 0 Å². The Morgan fingerprint density at radius 2 is 1.18 bits per heavy atom. The van der Waals surface area contributed by atoms with Crippen molar-refractivity contribution in [1.82, 2.24) is 5.32 Å². The van der Waals surface area contributed by atoms with Gasteiger partial charge in [-0.05, 0) is 83.4 Å². The van der Waals surface area contributed by atoms with Crippen molar-refractivity contribution < 1.29 is 50.6 Å². The standard InChI is InChI=1S/C37H26F6N2O5/c38-36(39,40)26-12-10-25(11-13-26)33(46)44-31-19-18-29(50-28-16-14-27(15-17-28)37(41,42)43)21-30(31)34(47)45-32(35(48)49)20-22-6-8-24(9-7-22)23-4-2-1-3-5-23/h1-19,21,32H,20H2,(H,44,46)(H,45,47)(H,48,49). The summed E-state index contributed by atoms with van der Waals surface area (Å²) in [7, 11) is 0. The van der Waals surface area contributed by atoms with Crippen LogP contribution in [0.4, 0.5) is 32.0 Å². The van der Waals surface area contributed by atoms with E-state index in [1.165, 1.54) is 12.1 Å². The van der Waals surface area contributed by atoms with Gasteiger partial charge in [0.15, 0.2) is 0 Å². The number of alkyl halides is 6. The number of ether oxygens (including phenoxy) is 1. The molecule has 0 radical (unpaired) electrons. The zero-order valence-corrected chi connectivity index (χ0v) is 25.7. The number of halogens is 6. The molecule has 0 saturated carbocycles. The SMILES string of the molecule is O=C(Nc1ccc(Oc2ccc(C(F)(F)F)cc2)cc1C(=O)NC(Cc1ccc(-c2ccccc2)cc1)C(=O)O)c1ccc(C(F)(F)F)cc1. The first kappa shape index (κ1) is 35.2. The van der Waals surface area contributed by atoms with E-state index in [0.717, 1.165) is 53.6 Å². The van der Waals surface area contributed by atoms with Gasteiger partial charge in [0.05, 0.1) is 22.4 Å². The van der Waals surface area contributed by atoms with Gasteiger partial charge in [-0.25, -0.2) is 4.79 Å². The third-order valence-electron chi connectivity index (χ3n) is 7.48. The first-order valence-corrected chi connectivity index (χ1v) is 14.8. The van der Waals surface area contributed by atoms with Gasteiger partial charge >= 0.3 is 18.3 Å². The normalized spacial score (nSPS) is 12.1. The van der Waals surface area contributed by atoms with E-state index in [1.54, 1.807) is 12.1 Å². The Bertz CT molecular complexity index is 1980. The highest BCUT2D eigenvalue weighted by Gasteiger charge is 2.31. The Hall–Kier alpha value is -6.11. The number of nitrogens with one attached hydrogen (secondary N) is 2. The molecular formula is C37H26F6N2O5. The maximum absolute atomic E-state index is 13.6. The summed E-state index contributed by atoms with van der Waals surface area (Å²) in [4.78, 5) is 38.9. The maximum atomic E-state index is 13.6. The lowest BCUT2D eigenvalue weighted by Crippen LogP contribution is -2.42. The number of carboxylic acids is 1. The largest absolute Gasteiger partial charge is 0.480 e. The van der Waals surface area contributed by atoms with Crippen LogP contribution >= 0.6 is 0 Å². The van der Waals surface area contributed by atoms with Crippen molar-refractivity contribution in [2.24, 2.45) is 0 Å². The van der Waals surface area contributed by atoms with Crippen molar-refractivity contribution in [3.05, 3.63) is 149 Å². The Morgan fingerprint density at radius 1 is 0.640 bits per heavy atom. The molecule has 0 fully saturated rings. The summed E-state index contributed by atoms with van der Waals surface area (Å²) in [6.07, 6.45) is -9.33. The summed E-state index contributed by atoms with van der Waals surface area (Å²) in [5.41, 5.74) is -0.0720. The Kier molecular flexibility index (Phi) is 10.3. The zero-order valence-electron chi connectivity index (χ0n) is 25.7. The fourth-order valence-electron chi connectivity index (χ4n) is 4.87. The third-order valence-corrected chi connectivity index (χ3v) is 7.48. The predicted molar refractivity (Wildman–Crippen MR) is 172 cm³/mol. The molecular weight excluding hydrogens is 666 g/mol. The minimum absolute atomic E-state index is 0.0201. The van der Waals surface area contributed by atoms with Crippen LogP contribution in [0, 0.1) is 0 Å². The minimum Gasteiger partial charge on any atom is -0.480 e. The molecule has 0 aliphatic rings. The molecule has 0 bridgehead atoms. The summed E-state index contributed by atoms with van der Waals surface area (Å²) in [6.45, 7) is 0. The number of carbonyl (C=O) groups excluding carboxylic acids is 2. The summed E-state index contributed by atoms with van der Waals surface area (Å²) in [5.74, 6) is -3.27. The van der Waals surface area contributed by atoms with Crippen LogP contribution in [0.1, 0.15) is 37.4 Å². The lowest BCUT2D eigenvalue weighted by Gasteiger charge is -2.18. The number of benzene rings is 5. The van der Waals surface area contributed by atoms with Crippen LogP contribution < -0.4 is 15.4 Å². The van der Waals surface area contributed by atoms with Gasteiger partial charge in [0.2, 0.25) is 0 Å². The Morgan fingerprint density at radius 3 is 1.74 bits per heavy atom. The van der Waals surface area contributed by atoms with E-state index < -0.39 is 47.3 Å². The van der Waals surface area contributed by atoms with E-state index in [9.17, 15) is 45.8 Å². The van der Waals surface area contributed by atoms with Crippen LogP contribution in [0.3, 0.4) is 0 Å². The van der Waals surface area contributed by atoms with Gasteiger partial charge in [-0.2, -0.15) is 26.3 Å². The molecule has 2 amide bonds. The van der Waals surface area contributed by atoms with Crippen molar-refractivity contribution in [3.63, 3.8) is 0 Å². The Balaban J connectivity index is 1.40. The number of carboxylic acid groups (broad SMARTS) is 1. The lowest BCUT2D eigenvalue weighted by molar-refractivity contribution is -0.139. The number of amides is 2. The minimum atomic E-state index is -4.63. The monoisotopic (exact) mass is 692 g/mol. The maximum Gasteiger partial charge on any atom is 0.416 e. The van der Waals surface area contributed by atoms with Crippen LogP contribution in [0.15, 0.2) is 121 Å². The van der Waals surface area contributed by atoms with Crippen molar-refractivity contribution in [2.75, 3.05) is 5.32 Å². The molecule has 1 unspecified atom stereocenters. The van der Waals surface area contributed by atoms with Crippen LogP contribution in [0.2, 0.25) is 0 Å². The molecule has 0 aliphatic carbocycles. The summed E-state index contributed by atoms with van der Waals surface area (Å²) < 4.78 is 83.7. The van der Waals surface area contributed by atoms with E-state index in [-0.39, 0.29) is 34.7 Å². The number of aliphatic carboxylic acids is 1. The summed E-state index contributed by atoms with van der Waals surface area (Å²) >= 11 is 0. The molecule has 0 saturated heterocycles. The number of rotatable bonds is 10. The van der Waals surface area contributed by atoms with Crippen LogP contribution in [0.5, 0.6) is 11.5 Å². The highest BCUT2D eigenvalue weighted by atomic mass is 19.4. The first-order valence-electron chi connectivity index (χ1n) is 14.8. The molecule has 0 spiro atoms. The van der Waals surface area contributed by atoms with Crippen molar-refractivity contribution in [2.45, 2.75) is 24.8 Å². The lowest BCUT2D eigenvalue weighted by atomic mass is 10.0. The summed E-state index contributed by atoms with van der Waals surface area (Å²) in [5, 5.41) is 14.8. The van der Waals surface area contributed by atoms with Crippen molar-refractivity contribution >= 4 is 23.5 Å². The van der Waals surface area contributed by atoms with Gasteiger partial charge in [0.1, 0.15) is 17.5 Å². The Labute approximate surface area is 281 Å². The average Bonchev–Trinajstić information content (AvgIpc) is 3.08. The van der Waals surface area contributed by atoms with E-state index in [0.29, 0.717) is 17.7 Å². The van der Waals surface area contributed by atoms with Crippen LogP contribution in [0.25, 0.3) is 11.1 Å². The van der Waals surface area contributed by atoms with Gasteiger partial charge in [-0.1, -0.05) is 54.6 Å². The van der Waals surface area contributed by atoms with Crippen LogP contribution in [-0.2, 0) is 23.6 Å². The topological polar surface area (TPSA) is 105 Å². The molecule has 50 heavy (non-hydrogen) atoms. The fraction of sp³-hybridized carbons (Fsp3) is 0.108. The molecule has 0 heterocycles. The predicted octanol–water partition coefficient (Wildman–Crippen LogP) is 8.86. The van der Waals surface area contributed by atoms with Crippen LogP contribution in [-0.4, -0.2) is 28.9 Å². The molecule has 1 atom stereocenters. The highest BCUT2D eigenvalue weighted by Crippen LogP contribution is 2.33. The highest BCUT2D eigenvalue weighted by molar-refractivity contribution is 6.09. The van der Waals surface area contributed by atoms with E-state index in [1.807, 2.05) is 42.5 Å². The first-order chi connectivity index (χ1) is 23.7. The average molecular weight is 693 g/mol. The molecule has 0 aliphatic heterocycles. The molecule has 0 aromatic heterocycles. The molecule has 7 nitrogen and oxygen atoms in total. The molecule has 3 N–H and O–H groups in total. The van der Waals surface area contributed by atoms with Crippen molar-refractivity contribution in [3.8, 4) is 22.6 Å². The second-order valence-electron chi connectivity index (χ2n) is 11.0. The number of hydrogen-bond donors (Lipinski definition) is 3. The molecule has 5 aromatic carbocycles. The second-order valence-corrected chi connectivity index (χ2v) is 11.0. The number of anilines is 1. The molecule has 256 valence electrons. The van der Waals surface area contributed by atoms with Gasteiger partial charge in [-0.3, -0.25) is 9.59 Å². The number of hydrogen-bond acceptors (Lipinski definition) is 4. The zero-order chi connectivity index (χ0) is 36.1. The number of carbonyl (C=O) groups is 3. The van der Waals surface area contributed by atoms with E-state index >= 15 is 0 Å². The smallest absolute Gasteiger partial charge is 0.416 e. The molecule has 13 heteroatoms. The van der Waals surface area contributed by atoms with E-state index in [4.69, 9.17) is 4.74 Å². The summed E-state index contributed by atoms with van der Waals surface area (Å²) in [6, 6.07) is 25.8. The van der Waals surface area contributed by atoms with Gasteiger partial charge in [0, 0.05) is 12.0 Å². The second kappa shape index (κ2) is 14.6. The van der Waals surface area contributed by atoms with Gasteiger partial charge in [0.25, 0.3) is 11.8 Å². The van der Waals surface area contributed by atoms with Gasteiger partial charge < -0.3 is 20.5 Å². The third kappa shape index (κ3) is 8.86. The molecule has 5 aromatic rings. The quantitative estimate of drug-likeness (QED) is 0.127. The van der Waals surface area contributed by atoms with E-state index in [2.05, 4.69) is 10.6 Å².